The molecule has 2 N–H and O–H groups in total. The van der Waals surface area contributed by atoms with Crippen LogP contribution in [0.25, 0.3) is 0 Å². The van der Waals surface area contributed by atoms with Gasteiger partial charge in [-0.1, -0.05) is 27.7 Å². The largest absolute Gasteiger partial charge is 0.326 e. The van der Waals surface area contributed by atoms with E-state index in [9.17, 15) is 18.0 Å². The Morgan fingerprint density at radius 1 is 0.913 bits per heavy atom. The van der Waals surface area contributed by atoms with Crippen LogP contribution in [0.3, 0.4) is 0 Å². The van der Waals surface area contributed by atoms with Gasteiger partial charge in [-0.25, -0.2) is 13.1 Å². The van der Waals surface area contributed by atoms with E-state index in [0.29, 0.717) is 12.1 Å². The number of sulfonamides is 1. The molecule has 0 spiro atoms. The van der Waals surface area contributed by atoms with Gasteiger partial charge in [-0.2, -0.15) is 0 Å². The van der Waals surface area contributed by atoms with Gasteiger partial charge in [0.15, 0.2) is 0 Å². The Hall–Kier alpha value is -1.89. The summed E-state index contributed by atoms with van der Waals surface area (Å²) >= 11 is 0. The van der Waals surface area contributed by atoms with E-state index in [1.165, 1.54) is 24.3 Å². The summed E-state index contributed by atoms with van der Waals surface area (Å²) in [5, 5.41) is 2.70. The topological polar surface area (TPSA) is 92.3 Å². The first-order chi connectivity index (χ1) is 10.6. The van der Waals surface area contributed by atoms with Gasteiger partial charge < -0.3 is 5.32 Å². The van der Waals surface area contributed by atoms with Crippen molar-refractivity contribution >= 4 is 27.5 Å². The van der Waals surface area contributed by atoms with Crippen LogP contribution in [0.5, 0.6) is 0 Å². The van der Waals surface area contributed by atoms with Crippen LogP contribution in [0.15, 0.2) is 29.2 Å². The zero-order valence-electron chi connectivity index (χ0n) is 13.9. The Labute approximate surface area is 137 Å². The molecule has 0 fully saturated rings. The average molecular weight is 340 g/mol. The summed E-state index contributed by atoms with van der Waals surface area (Å²) in [6.07, 6.45) is 0.536. The number of hydrogen-bond donors (Lipinski definition) is 2. The summed E-state index contributed by atoms with van der Waals surface area (Å²) in [6, 6.07) is 5.71. The minimum absolute atomic E-state index is 0.0172. The first-order valence-electron chi connectivity index (χ1n) is 7.55. The molecule has 0 aliphatic heterocycles. The van der Waals surface area contributed by atoms with E-state index in [1.54, 1.807) is 0 Å². The van der Waals surface area contributed by atoms with Crippen LogP contribution in [-0.4, -0.2) is 20.2 Å². The first-order valence-corrected chi connectivity index (χ1v) is 9.04. The van der Waals surface area contributed by atoms with Crippen molar-refractivity contribution in [1.29, 1.82) is 0 Å². The summed E-state index contributed by atoms with van der Waals surface area (Å²) in [7, 11) is -3.88. The maximum absolute atomic E-state index is 12.1. The maximum Gasteiger partial charge on any atom is 0.264 e. The zero-order valence-corrected chi connectivity index (χ0v) is 14.7. The summed E-state index contributed by atoms with van der Waals surface area (Å²) in [5.74, 6) is -0.343. The van der Waals surface area contributed by atoms with Crippen molar-refractivity contribution in [3.8, 4) is 0 Å². The van der Waals surface area contributed by atoms with E-state index in [-0.39, 0.29) is 29.1 Å². The summed E-state index contributed by atoms with van der Waals surface area (Å²) in [6.45, 7) is 7.55. The standard InChI is InChI=1S/C16H24N2O4S/c1-11(2)9-15(19)17-13-5-7-14(8-6-13)23(21,22)18-16(20)10-12(3)4/h5-8,11-12H,9-10H2,1-4H3,(H,17,19)(H,18,20). The number of nitrogens with one attached hydrogen (secondary N) is 2. The Morgan fingerprint density at radius 2 is 1.39 bits per heavy atom. The fraction of sp³-hybridized carbons (Fsp3) is 0.500. The third-order valence-electron chi connectivity index (χ3n) is 2.88. The van der Waals surface area contributed by atoms with Crippen LogP contribution in [-0.2, 0) is 19.6 Å². The summed E-state index contributed by atoms with van der Waals surface area (Å²) in [4.78, 5) is 23.3. The molecule has 23 heavy (non-hydrogen) atoms. The van der Waals surface area contributed by atoms with Gasteiger partial charge in [-0.05, 0) is 36.1 Å². The molecule has 6 nitrogen and oxygen atoms in total. The van der Waals surface area contributed by atoms with E-state index < -0.39 is 15.9 Å². The molecule has 1 aromatic rings. The molecule has 1 rings (SSSR count). The molecule has 2 amide bonds. The van der Waals surface area contributed by atoms with Crippen molar-refractivity contribution in [2.45, 2.75) is 45.4 Å². The molecule has 0 aliphatic rings. The van der Waals surface area contributed by atoms with Crippen LogP contribution in [0.2, 0.25) is 0 Å². The molecule has 0 unspecified atom stereocenters. The van der Waals surface area contributed by atoms with Crippen LogP contribution in [0, 0.1) is 11.8 Å². The second kappa shape index (κ2) is 8.10. The lowest BCUT2D eigenvalue weighted by Crippen LogP contribution is -2.31. The van der Waals surface area contributed by atoms with Crippen molar-refractivity contribution in [2.75, 3.05) is 5.32 Å². The first kappa shape index (κ1) is 19.2. The maximum atomic E-state index is 12.1. The number of carbonyl (C=O) groups is 2. The fourth-order valence-corrected chi connectivity index (χ4v) is 2.92. The molecule has 0 saturated heterocycles. The molecule has 0 bridgehead atoms. The number of carbonyl (C=O) groups excluding carboxylic acids is 2. The highest BCUT2D eigenvalue weighted by atomic mass is 32.2. The molecule has 128 valence electrons. The molecule has 0 radical (unpaired) electrons. The Morgan fingerprint density at radius 3 is 1.87 bits per heavy atom. The molecule has 7 heteroatoms. The highest BCUT2D eigenvalue weighted by molar-refractivity contribution is 7.90. The van der Waals surface area contributed by atoms with Crippen LogP contribution in [0.1, 0.15) is 40.5 Å². The van der Waals surface area contributed by atoms with Gasteiger partial charge in [0.2, 0.25) is 11.8 Å². The normalized spacial score (nSPS) is 11.6. The lowest BCUT2D eigenvalue weighted by atomic mass is 10.1. The lowest BCUT2D eigenvalue weighted by molar-refractivity contribution is -0.120. The Balaban J connectivity index is 2.75. The van der Waals surface area contributed by atoms with Crippen molar-refractivity contribution < 1.29 is 18.0 Å². The van der Waals surface area contributed by atoms with Gasteiger partial charge in [0.25, 0.3) is 10.0 Å². The third kappa shape index (κ3) is 6.81. The van der Waals surface area contributed by atoms with Crippen molar-refractivity contribution in [1.82, 2.24) is 4.72 Å². The van der Waals surface area contributed by atoms with Crippen LogP contribution < -0.4 is 10.0 Å². The lowest BCUT2D eigenvalue weighted by Gasteiger charge is -2.10. The highest BCUT2D eigenvalue weighted by Crippen LogP contribution is 2.15. The number of amides is 2. The van der Waals surface area contributed by atoms with Crippen molar-refractivity contribution in [3.05, 3.63) is 24.3 Å². The van der Waals surface area contributed by atoms with Crippen molar-refractivity contribution in [3.63, 3.8) is 0 Å². The highest BCUT2D eigenvalue weighted by Gasteiger charge is 2.18. The van der Waals surface area contributed by atoms with E-state index in [2.05, 4.69) is 5.32 Å². The van der Waals surface area contributed by atoms with Gasteiger partial charge in [-0.3, -0.25) is 9.59 Å². The number of hydrogen-bond acceptors (Lipinski definition) is 4. The summed E-state index contributed by atoms with van der Waals surface area (Å²) < 4.78 is 26.2. The number of rotatable bonds is 7. The van der Waals surface area contributed by atoms with E-state index in [0.717, 1.165) is 0 Å². The predicted octanol–water partition coefficient (Wildman–Crippen LogP) is 2.52. The third-order valence-corrected chi connectivity index (χ3v) is 4.27. The van der Waals surface area contributed by atoms with Crippen LogP contribution >= 0.6 is 0 Å². The minimum Gasteiger partial charge on any atom is -0.326 e. The molecule has 1 aromatic carbocycles. The zero-order chi connectivity index (χ0) is 17.6. The predicted molar refractivity (Wildman–Crippen MR) is 89.3 cm³/mol. The quantitative estimate of drug-likeness (QED) is 0.798. The molecule has 0 aliphatic carbocycles. The SMILES string of the molecule is CC(C)CC(=O)Nc1ccc(S(=O)(=O)NC(=O)CC(C)C)cc1. The van der Waals surface area contributed by atoms with Gasteiger partial charge >= 0.3 is 0 Å². The van der Waals surface area contributed by atoms with E-state index >= 15 is 0 Å². The monoisotopic (exact) mass is 340 g/mol. The Kier molecular flexibility index (Phi) is 6.75. The molecule has 0 saturated carbocycles. The van der Waals surface area contributed by atoms with Gasteiger partial charge in [0.05, 0.1) is 4.90 Å². The van der Waals surface area contributed by atoms with Gasteiger partial charge in [0, 0.05) is 18.5 Å². The van der Waals surface area contributed by atoms with Gasteiger partial charge in [-0.15, -0.1) is 0 Å². The second-order valence-corrected chi connectivity index (χ2v) is 7.98. The Bertz CT molecular complexity index is 649. The van der Waals surface area contributed by atoms with E-state index in [4.69, 9.17) is 0 Å². The number of anilines is 1. The molecule has 0 heterocycles. The van der Waals surface area contributed by atoms with Gasteiger partial charge in [0.1, 0.15) is 0 Å². The average Bonchev–Trinajstić information content (AvgIpc) is 2.36. The molecule has 0 atom stereocenters. The molecular formula is C16H24N2O4S. The van der Waals surface area contributed by atoms with Crippen LogP contribution in [0.4, 0.5) is 5.69 Å². The minimum atomic E-state index is -3.88. The van der Waals surface area contributed by atoms with Crippen molar-refractivity contribution in [2.24, 2.45) is 11.8 Å². The molecular weight excluding hydrogens is 316 g/mol. The fourth-order valence-electron chi connectivity index (χ4n) is 1.92. The number of benzene rings is 1. The van der Waals surface area contributed by atoms with E-state index in [1.807, 2.05) is 32.4 Å². The second-order valence-electron chi connectivity index (χ2n) is 6.30. The molecule has 0 aromatic heterocycles. The summed E-state index contributed by atoms with van der Waals surface area (Å²) in [5.41, 5.74) is 0.517. The smallest absolute Gasteiger partial charge is 0.264 e.